The van der Waals surface area contributed by atoms with Gasteiger partial charge in [-0.3, -0.25) is 0 Å². The van der Waals surface area contributed by atoms with E-state index in [1.165, 1.54) is 7.11 Å². The molecule has 1 atom stereocenters. The molecular formula is C24H26F2O4. The van der Waals surface area contributed by atoms with Crippen molar-refractivity contribution in [3.8, 4) is 16.9 Å². The molecule has 0 spiro atoms. The molecule has 1 fully saturated rings. The Bertz CT molecular complexity index is 937. The molecule has 1 aliphatic carbocycles. The van der Waals surface area contributed by atoms with Gasteiger partial charge in [-0.15, -0.1) is 0 Å². The highest BCUT2D eigenvalue weighted by Gasteiger charge is 2.34. The first-order chi connectivity index (χ1) is 14.5. The molecule has 0 N–H and O–H groups in total. The van der Waals surface area contributed by atoms with Crippen LogP contribution in [0.15, 0.2) is 30.3 Å². The average Bonchev–Trinajstić information content (AvgIpc) is 3.59. The summed E-state index contributed by atoms with van der Waals surface area (Å²) in [6, 6.07) is 10.1. The van der Waals surface area contributed by atoms with Gasteiger partial charge in [0.25, 0.3) is 6.43 Å². The fourth-order valence-corrected chi connectivity index (χ4v) is 4.20. The Morgan fingerprint density at radius 1 is 1.23 bits per heavy atom. The SMILES string of the molecule is COC(=O)C(OCC(F)F)c1c(C)ccc(C2CC2)c1-c1ccc2c(c1)CCCO2. The van der Waals surface area contributed by atoms with E-state index in [2.05, 4.69) is 12.1 Å². The molecule has 1 unspecified atom stereocenters. The largest absolute Gasteiger partial charge is 0.493 e. The molecule has 0 radical (unpaired) electrons. The maximum atomic E-state index is 12.9. The third kappa shape index (κ3) is 4.19. The molecule has 6 heteroatoms. The minimum Gasteiger partial charge on any atom is -0.493 e. The summed E-state index contributed by atoms with van der Waals surface area (Å²) in [5, 5.41) is 0. The van der Waals surface area contributed by atoms with Gasteiger partial charge in [-0.2, -0.15) is 0 Å². The molecule has 2 aromatic rings. The van der Waals surface area contributed by atoms with Crippen LogP contribution in [0, 0.1) is 6.92 Å². The quantitative estimate of drug-likeness (QED) is 0.570. The number of methoxy groups -OCH3 is 1. The topological polar surface area (TPSA) is 44.8 Å². The van der Waals surface area contributed by atoms with Gasteiger partial charge in [0.15, 0.2) is 6.10 Å². The second-order valence-electron chi connectivity index (χ2n) is 7.94. The molecule has 2 aromatic carbocycles. The second kappa shape index (κ2) is 8.72. The molecule has 4 nitrogen and oxygen atoms in total. The molecule has 4 rings (SSSR count). The summed E-state index contributed by atoms with van der Waals surface area (Å²) in [6.45, 7) is 1.75. The zero-order valence-corrected chi connectivity index (χ0v) is 17.3. The van der Waals surface area contributed by atoms with Gasteiger partial charge in [-0.1, -0.05) is 18.2 Å². The molecule has 0 aromatic heterocycles. The van der Waals surface area contributed by atoms with Gasteiger partial charge in [-0.05, 0) is 78.5 Å². The van der Waals surface area contributed by atoms with E-state index in [1.807, 2.05) is 25.1 Å². The van der Waals surface area contributed by atoms with Crippen molar-refractivity contribution in [2.24, 2.45) is 0 Å². The van der Waals surface area contributed by atoms with Gasteiger partial charge in [0.1, 0.15) is 12.4 Å². The lowest BCUT2D eigenvalue weighted by molar-refractivity contribution is -0.157. The number of rotatable bonds is 7. The minimum atomic E-state index is -2.67. The van der Waals surface area contributed by atoms with E-state index in [0.717, 1.165) is 59.3 Å². The van der Waals surface area contributed by atoms with E-state index in [9.17, 15) is 13.6 Å². The monoisotopic (exact) mass is 416 g/mol. The van der Waals surface area contributed by atoms with E-state index in [0.29, 0.717) is 18.1 Å². The van der Waals surface area contributed by atoms with Crippen LogP contribution in [0.4, 0.5) is 8.78 Å². The van der Waals surface area contributed by atoms with Crippen LogP contribution in [-0.2, 0) is 20.7 Å². The van der Waals surface area contributed by atoms with Crippen molar-refractivity contribution in [2.45, 2.75) is 51.1 Å². The lowest BCUT2D eigenvalue weighted by atomic mass is 9.85. The number of carbonyl (C=O) groups excluding carboxylic acids is 1. The van der Waals surface area contributed by atoms with Crippen molar-refractivity contribution < 1.29 is 27.8 Å². The molecule has 2 aliphatic rings. The number of ether oxygens (including phenoxy) is 3. The van der Waals surface area contributed by atoms with Crippen LogP contribution in [0.25, 0.3) is 11.1 Å². The molecule has 160 valence electrons. The van der Waals surface area contributed by atoms with Gasteiger partial charge < -0.3 is 14.2 Å². The molecule has 1 aliphatic heterocycles. The molecular weight excluding hydrogens is 390 g/mol. The van der Waals surface area contributed by atoms with E-state index in [4.69, 9.17) is 14.2 Å². The Balaban J connectivity index is 1.87. The van der Waals surface area contributed by atoms with Gasteiger partial charge in [0.05, 0.1) is 13.7 Å². The average molecular weight is 416 g/mol. The standard InChI is InChI=1S/C24H26F2O4/c1-14-5-9-18(15-6-7-15)22(17-8-10-19-16(12-17)4-3-11-29-19)21(14)23(24(27)28-2)30-13-20(25)26/h5,8-10,12,15,20,23H,3-4,6-7,11,13H2,1-2H3. The summed E-state index contributed by atoms with van der Waals surface area (Å²) >= 11 is 0. The number of fused-ring (bicyclic) bond motifs is 1. The van der Waals surface area contributed by atoms with Crippen molar-refractivity contribution >= 4 is 5.97 Å². The van der Waals surface area contributed by atoms with E-state index in [1.54, 1.807) is 0 Å². The van der Waals surface area contributed by atoms with Crippen LogP contribution in [0.2, 0.25) is 0 Å². The normalized spacial score (nSPS) is 16.7. The van der Waals surface area contributed by atoms with Crippen molar-refractivity contribution in [3.63, 3.8) is 0 Å². The van der Waals surface area contributed by atoms with Crippen LogP contribution in [0.1, 0.15) is 53.5 Å². The molecule has 0 bridgehead atoms. The molecule has 1 saturated carbocycles. The highest BCUT2D eigenvalue weighted by Crippen LogP contribution is 2.48. The second-order valence-corrected chi connectivity index (χ2v) is 7.94. The van der Waals surface area contributed by atoms with Crippen LogP contribution >= 0.6 is 0 Å². The summed E-state index contributed by atoms with van der Waals surface area (Å²) in [7, 11) is 1.25. The number of hydrogen-bond acceptors (Lipinski definition) is 4. The molecule has 0 saturated heterocycles. The molecule has 0 amide bonds. The first-order valence-corrected chi connectivity index (χ1v) is 10.4. The summed E-state index contributed by atoms with van der Waals surface area (Å²) in [6.07, 6.45) is 0.146. The van der Waals surface area contributed by atoms with E-state index >= 15 is 0 Å². The van der Waals surface area contributed by atoms with E-state index in [-0.39, 0.29) is 0 Å². The summed E-state index contributed by atoms with van der Waals surface area (Å²) < 4.78 is 41.9. The van der Waals surface area contributed by atoms with Crippen LogP contribution < -0.4 is 4.74 Å². The Labute approximate surface area is 175 Å². The number of hydrogen-bond donors (Lipinski definition) is 0. The van der Waals surface area contributed by atoms with Gasteiger partial charge in [0, 0.05) is 5.56 Å². The first kappa shape index (κ1) is 20.8. The lowest BCUT2D eigenvalue weighted by Crippen LogP contribution is -2.22. The number of benzene rings is 2. The first-order valence-electron chi connectivity index (χ1n) is 10.4. The summed E-state index contributed by atoms with van der Waals surface area (Å²) in [5.74, 6) is 0.611. The fourth-order valence-electron chi connectivity index (χ4n) is 4.20. The Morgan fingerprint density at radius 2 is 2.03 bits per heavy atom. The zero-order valence-electron chi connectivity index (χ0n) is 17.3. The maximum Gasteiger partial charge on any atom is 0.339 e. The third-order valence-corrected chi connectivity index (χ3v) is 5.78. The Hall–Kier alpha value is -2.47. The van der Waals surface area contributed by atoms with Crippen molar-refractivity contribution in [3.05, 3.63) is 52.6 Å². The summed E-state index contributed by atoms with van der Waals surface area (Å²) in [4.78, 5) is 12.6. The van der Waals surface area contributed by atoms with Gasteiger partial charge in [-0.25, -0.2) is 13.6 Å². The molecule has 1 heterocycles. The highest BCUT2D eigenvalue weighted by atomic mass is 19.3. The predicted octanol–water partition coefficient (Wildman–Crippen LogP) is 5.36. The maximum absolute atomic E-state index is 12.9. The summed E-state index contributed by atoms with van der Waals surface area (Å²) in [5.41, 5.74) is 5.53. The lowest BCUT2D eigenvalue weighted by Gasteiger charge is -2.25. The smallest absolute Gasteiger partial charge is 0.339 e. The minimum absolute atomic E-state index is 0.403. The Kier molecular flexibility index (Phi) is 6.04. The van der Waals surface area contributed by atoms with Crippen LogP contribution in [-0.4, -0.2) is 32.7 Å². The zero-order chi connectivity index (χ0) is 21.3. The van der Waals surface area contributed by atoms with Crippen LogP contribution in [0.5, 0.6) is 5.75 Å². The fraction of sp³-hybridized carbons (Fsp3) is 0.458. The number of halogens is 2. The van der Waals surface area contributed by atoms with Crippen molar-refractivity contribution in [1.82, 2.24) is 0 Å². The number of aryl methyl sites for hydroxylation is 2. The number of carbonyl (C=O) groups is 1. The van der Waals surface area contributed by atoms with Gasteiger partial charge >= 0.3 is 5.97 Å². The Morgan fingerprint density at radius 3 is 2.73 bits per heavy atom. The number of esters is 1. The van der Waals surface area contributed by atoms with Crippen molar-refractivity contribution in [2.75, 3.05) is 20.3 Å². The molecule has 30 heavy (non-hydrogen) atoms. The highest BCUT2D eigenvalue weighted by molar-refractivity contribution is 5.84. The van der Waals surface area contributed by atoms with Crippen LogP contribution in [0.3, 0.4) is 0 Å². The predicted molar refractivity (Wildman–Crippen MR) is 109 cm³/mol. The number of alkyl halides is 2. The van der Waals surface area contributed by atoms with Gasteiger partial charge in [0.2, 0.25) is 0 Å². The third-order valence-electron chi connectivity index (χ3n) is 5.78. The van der Waals surface area contributed by atoms with E-state index < -0.39 is 25.1 Å². The van der Waals surface area contributed by atoms with Crippen molar-refractivity contribution in [1.29, 1.82) is 0 Å².